The summed E-state index contributed by atoms with van der Waals surface area (Å²) in [4.78, 5) is 11.1. The molecule has 0 saturated carbocycles. The van der Waals surface area contributed by atoms with Gasteiger partial charge in [0, 0.05) is 12.6 Å². The number of alkyl halides is 2. The van der Waals surface area contributed by atoms with Gasteiger partial charge in [-0.25, -0.2) is 8.78 Å². The molecular weight excluding hydrogens is 270 g/mol. The fraction of sp³-hybridized carbons (Fsp3) is 0.400. The van der Waals surface area contributed by atoms with Gasteiger partial charge < -0.3 is 10.0 Å². The standard InChI is InChI=1S/C10H11ClF2N2O3/c11-7-2-1-3-8(15(17)18)10(7)14(4-5-16)6-9(12)13/h1-3,9,16H,4-6H2. The summed E-state index contributed by atoms with van der Waals surface area (Å²) in [5.74, 6) is 0. The number of halogens is 3. The van der Waals surface area contributed by atoms with Crippen molar-refractivity contribution in [1.82, 2.24) is 0 Å². The summed E-state index contributed by atoms with van der Waals surface area (Å²) in [6, 6.07) is 3.92. The van der Waals surface area contributed by atoms with Crippen LogP contribution < -0.4 is 4.90 Å². The molecule has 0 amide bonds. The molecule has 1 aromatic rings. The number of nitrogens with zero attached hydrogens (tertiary/aromatic N) is 2. The fourth-order valence-electron chi connectivity index (χ4n) is 1.55. The van der Waals surface area contributed by atoms with E-state index in [4.69, 9.17) is 16.7 Å². The number of para-hydroxylation sites is 1. The molecule has 18 heavy (non-hydrogen) atoms. The molecule has 1 N–H and O–H groups in total. The van der Waals surface area contributed by atoms with Crippen molar-refractivity contribution in [2.24, 2.45) is 0 Å². The van der Waals surface area contributed by atoms with Crippen molar-refractivity contribution >= 4 is 23.0 Å². The lowest BCUT2D eigenvalue weighted by atomic mass is 10.2. The molecule has 0 aliphatic rings. The molecule has 0 atom stereocenters. The smallest absolute Gasteiger partial charge is 0.294 e. The Kier molecular flexibility index (Phi) is 5.24. The maximum Gasteiger partial charge on any atom is 0.294 e. The Morgan fingerprint density at radius 1 is 1.50 bits per heavy atom. The van der Waals surface area contributed by atoms with E-state index in [0.717, 1.165) is 4.90 Å². The van der Waals surface area contributed by atoms with E-state index in [-0.39, 0.29) is 22.9 Å². The summed E-state index contributed by atoms with van der Waals surface area (Å²) in [7, 11) is 0. The van der Waals surface area contributed by atoms with Crippen molar-refractivity contribution in [3.63, 3.8) is 0 Å². The van der Waals surface area contributed by atoms with Crippen LogP contribution in [0.2, 0.25) is 5.02 Å². The van der Waals surface area contributed by atoms with E-state index < -0.39 is 24.5 Å². The summed E-state index contributed by atoms with van der Waals surface area (Å²) in [5.41, 5.74) is -0.463. The van der Waals surface area contributed by atoms with Crippen molar-refractivity contribution < 1.29 is 18.8 Å². The van der Waals surface area contributed by atoms with E-state index in [1.165, 1.54) is 18.2 Å². The lowest BCUT2D eigenvalue weighted by molar-refractivity contribution is -0.384. The van der Waals surface area contributed by atoms with Crippen LogP contribution in [0.4, 0.5) is 20.2 Å². The summed E-state index contributed by atoms with van der Waals surface area (Å²) in [6.07, 6.45) is -2.69. The first-order valence-electron chi connectivity index (χ1n) is 5.04. The van der Waals surface area contributed by atoms with Crippen LogP contribution in [0.25, 0.3) is 0 Å². The zero-order valence-electron chi connectivity index (χ0n) is 9.22. The van der Waals surface area contributed by atoms with Gasteiger partial charge in [-0.3, -0.25) is 10.1 Å². The van der Waals surface area contributed by atoms with Gasteiger partial charge in [0.1, 0.15) is 5.69 Å². The Morgan fingerprint density at radius 3 is 2.67 bits per heavy atom. The normalized spacial score (nSPS) is 10.7. The second-order valence-electron chi connectivity index (χ2n) is 3.43. The summed E-state index contributed by atoms with van der Waals surface area (Å²) < 4.78 is 24.8. The Labute approximate surface area is 107 Å². The summed E-state index contributed by atoms with van der Waals surface area (Å²) in [6.45, 7) is -1.30. The van der Waals surface area contributed by atoms with Crippen LogP contribution in [0.5, 0.6) is 0 Å². The van der Waals surface area contributed by atoms with Crippen molar-refractivity contribution in [3.05, 3.63) is 33.3 Å². The van der Waals surface area contributed by atoms with Gasteiger partial charge in [0.05, 0.1) is 23.1 Å². The van der Waals surface area contributed by atoms with Gasteiger partial charge in [0.15, 0.2) is 0 Å². The van der Waals surface area contributed by atoms with Gasteiger partial charge in [0.25, 0.3) is 12.1 Å². The second-order valence-corrected chi connectivity index (χ2v) is 3.83. The molecular formula is C10H11ClF2N2O3. The predicted octanol–water partition coefficient (Wildman–Crippen LogP) is 2.31. The number of nitro groups is 1. The topological polar surface area (TPSA) is 66.6 Å². The minimum Gasteiger partial charge on any atom is -0.395 e. The van der Waals surface area contributed by atoms with E-state index in [2.05, 4.69) is 0 Å². The highest BCUT2D eigenvalue weighted by molar-refractivity contribution is 6.33. The number of anilines is 1. The average Bonchev–Trinajstić information content (AvgIpc) is 2.27. The van der Waals surface area contributed by atoms with Crippen molar-refractivity contribution in [1.29, 1.82) is 0 Å². The minimum absolute atomic E-state index is 0.00157. The molecule has 0 aliphatic carbocycles. The Bertz CT molecular complexity index is 432. The molecule has 0 aliphatic heterocycles. The molecule has 0 heterocycles. The maximum absolute atomic E-state index is 12.4. The van der Waals surface area contributed by atoms with Crippen LogP contribution in [0.15, 0.2) is 18.2 Å². The maximum atomic E-state index is 12.4. The Balaban J connectivity index is 3.20. The largest absolute Gasteiger partial charge is 0.395 e. The predicted molar refractivity (Wildman–Crippen MR) is 63.4 cm³/mol. The number of aliphatic hydroxyl groups is 1. The first kappa shape index (κ1) is 14.6. The molecule has 1 aromatic carbocycles. The lowest BCUT2D eigenvalue weighted by Gasteiger charge is -2.24. The average molecular weight is 281 g/mol. The van der Waals surface area contributed by atoms with Crippen molar-refractivity contribution in [3.8, 4) is 0 Å². The van der Waals surface area contributed by atoms with Crippen LogP contribution in [-0.2, 0) is 0 Å². The molecule has 0 fully saturated rings. The van der Waals surface area contributed by atoms with E-state index in [0.29, 0.717) is 0 Å². The molecule has 0 spiro atoms. The number of aliphatic hydroxyl groups excluding tert-OH is 1. The van der Waals surface area contributed by atoms with Crippen molar-refractivity contribution in [2.45, 2.75) is 6.43 Å². The molecule has 0 radical (unpaired) electrons. The first-order chi connectivity index (χ1) is 8.47. The van der Waals surface area contributed by atoms with Gasteiger partial charge in [-0.2, -0.15) is 0 Å². The van der Waals surface area contributed by atoms with Crippen LogP contribution in [-0.4, -0.2) is 36.2 Å². The molecule has 100 valence electrons. The van der Waals surface area contributed by atoms with Gasteiger partial charge in [-0.1, -0.05) is 17.7 Å². The van der Waals surface area contributed by atoms with Crippen LogP contribution >= 0.6 is 11.6 Å². The van der Waals surface area contributed by atoms with Gasteiger partial charge in [-0.15, -0.1) is 0 Å². The second kappa shape index (κ2) is 6.46. The van der Waals surface area contributed by atoms with E-state index in [9.17, 15) is 18.9 Å². The first-order valence-corrected chi connectivity index (χ1v) is 5.42. The van der Waals surface area contributed by atoms with Gasteiger partial charge in [0.2, 0.25) is 0 Å². The summed E-state index contributed by atoms with van der Waals surface area (Å²) >= 11 is 5.81. The highest BCUT2D eigenvalue weighted by Crippen LogP contribution is 2.35. The monoisotopic (exact) mass is 280 g/mol. The third kappa shape index (κ3) is 3.51. The molecule has 0 unspecified atom stereocenters. The zero-order chi connectivity index (χ0) is 13.7. The van der Waals surface area contributed by atoms with E-state index >= 15 is 0 Å². The third-order valence-electron chi connectivity index (χ3n) is 2.21. The number of rotatable bonds is 6. The number of nitro benzene ring substituents is 1. The third-order valence-corrected chi connectivity index (χ3v) is 2.51. The molecule has 1 rings (SSSR count). The quantitative estimate of drug-likeness (QED) is 0.641. The van der Waals surface area contributed by atoms with E-state index in [1.807, 2.05) is 0 Å². The number of hydrogen-bond acceptors (Lipinski definition) is 4. The Morgan fingerprint density at radius 2 is 2.17 bits per heavy atom. The van der Waals surface area contributed by atoms with E-state index in [1.54, 1.807) is 0 Å². The van der Waals surface area contributed by atoms with Crippen molar-refractivity contribution in [2.75, 3.05) is 24.6 Å². The Hall–Kier alpha value is -1.47. The highest BCUT2D eigenvalue weighted by Gasteiger charge is 2.24. The summed E-state index contributed by atoms with van der Waals surface area (Å²) in [5, 5.41) is 19.7. The van der Waals surface area contributed by atoms with Crippen LogP contribution in [0.3, 0.4) is 0 Å². The number of hydrogen-bond donors (Lipinski definition) is 1. The molecule has 0 bridgehead atoms. The zero-order valence-corrected chi connectivity index (χ0v) is 9.98. The van der Waals surface area contributed by atoms with Gasteiger partial charge >= 0.3 is 0 Å². The van der Waals surface area contributed by atoms with Gasteiger partial charge in [-0.05, 0) is 6.07 Å². The van der Waals surface area contributed by atoms with Crippen LogP contribution in [0.1, 0.15) is 0 Å². The fourth-order valence-corrected chi connectivity index (χ4v) is 1.84. The highest BCUT2D eigenvalue weighted by atomic mass is 35.5. The minimum atomic E-state index is -2.69. The number of benzene rings is 1. The SMILES string of the molecule is O=[N+]([O-])c1cccc(Cl)c1N(CCO)CC(F)F. The lowest BCUT2D eigenvalue weighted by Crippen LogP contribution is -2.32. The molecule has 8 heteroatoms. The molecule has 0 saturated heterocycles. The molecule has 0 aromatic heterocycles. The molecule has 5 nitrogen and oxygen atoms in total. The van der Waals surface area contributed by atoms with Crippen LogP contribution in [0, 0.1) is 10.1 Å².